The van der Waals surface area contributed by atoms with E-state index in [9.17, 15) is 14.4 Å². The van der Waals surface area contributed by atoms with Gasteiger partial charge in [0.05, 0.1) is 13.0 Å². The van der Waals surface area contributed by atoms with Crippen molar-refractivity contribution in [3.8, 4) is 0 Å². The van der Waals surface area contributed by atoms with Crippen molar-refractivity contribution in [3.05, 3.63) is 34.9 Å². The molecule has 2 rings (SSSR count). The molecular formula is C18H22ClN3O5S. The van der Waals surface area contributed by atoms with Gasteiger partial charge in [-0.2, -0.15) is 0 Å². The second-order valence-corrected chi connectivity index (χ2v) is 6.71. The lowest BCUT2D eigenvalue weighted by atomic mass is 10.1. The van der Waals surface area contributed by atoms with Crippen LogP contribution in [0.2, 0.25) is 5.02 Å². The Balaban J connectivity index is 1.96. The molecule has 1 saturated heterocycles. The van der Waals surface area contributed by atoms with Crippen LogP contribution in [0.3, 0.4) is 0 Å². The molecular weight excluding hydrogens is 406 g/mol. The molecule has 1 aromatic carbocycles. The van der Waals surface area contributed by atoms with Crippen LogP contribution in [0, 0.1) is 0 Å². The summed E-state index contributed by atoms with van der Waals surface area (Å²) in [6.07, 6.45) is -0.186. The van der Waals surface area contributed by atoms with Gasteiger partial charge in [-0.05, 0) is 43.4 Å². The summed E-state index contributed by atoms with van der Waals surface area (Å²) in [5.41, 5.74) is 0.375. The van der Waals surface area contributed by atoms with Crippen LogP contribution < -0.4 is 10.6 Å². The van der Waals surface area contributed by atoms with Crippen molar-refractivity contribution in [2.24, 2.45) is 0 Å². The van der Waals surface area contributed by atoms with E-state index in [-0.39, 0.29) is 24.0 Å². The number of nitrogens with one attached hydrogen (secondary N) is 2. The minimum absolute atomic E-state index is 0.0712. The molecule has 1 unspecified atom stereocenters. The van der Waals surface area contributed by atoms with Crippen molar-refractivity contribution in [1.82, 2.24) is 15.5 Å². The van der Waals surface area contributed by atoms with Crippen LogP contribution in [0.5, 0.6) is 0 Å². The van der Waals surface area contributed by atoms with Gasteiger partial charge in [0.1, 0.15) is 12.6 Å². The van der Waals surface area contributed by atoms with Crippen molar-refractivity contribution < 1.29 is 23.9 Å². The van der Waals surface area contributed by atoms with Crippen LogP contribution in [0.1, 0.15) is 23.7 Å². The fraction of sp³-hybridized carbons (Fsp3) is 0.444. The van der Waals surface area contributed by atoms with E-state index >= 15 is 0 Å². The quantitative estimate of drug-likeness (QED) is 0.382. The number of carbonyl (C=O) groups excluding carboxylic acids is 3. The molecule has 1 fully saturated rings. The van der Waals surface area contributed by atoms with Crippen LogP contribution in [0.4, 0.5) is 0 Å². The molecule has 28 heavy (non-hydrogen) atoms. The number of ether oxygens (including phenoxy) is 2. The van der Waals surface area contributed by atoms with Crippen molar-refractivity contribution in [3.63, 3.8) is 0 Å². The summed E-state index contributed by atoms with van der Waals surface area (Å²) in [7, 11) is 0. The highest BCUT2D eigenvalue weighted by atomic mass is 35.5. The Morgan fingerprint density at radius 1 is 1.32 bits per heavy atom. The zero-order valence-corrected chi connectivity index (χ0v) is 17.0. The van der Waals surface area contributed by atoms with E-state index in [0.29, 0.717) is 36.9 Å². The summed E-state index contributed by atoms with van der Waals surface area (Å²) in [6.45, 7) is 3.48. The topological polar surface area (TPSA) is 97.0 Å². The van der Waals surface area contributed by atoms with Gasteiger partial charge < -0.3 is 19.7 Å². The highest BCUT2D eigenvalue weighted by Crippen LogP contribution is 2.12. The highest BCUT2D eigenvalue weighted by Gasteiger charge is 2.34. The molecule has 1 aliphatic rings. The lowest BCUT2D eigenvalue weighted by Crippen LogP contribution is -2.60. The average molecular weight is 428 g/mol. The van der Waals surface area contributed by atoms with Gasteiger partial charge in [-0.25, -0.2) is 0 Å². The molecule has 0 aliphatic carbocycles. The molecule has 1 heterocycles. The van der Waals surface area contributed by atoms with Crippen LogP contribution in [-0.4, -0.2) is 66.7 Å². The SMILES string of the molecule is CCOCCOC(=O)CC1C(=O)NCCN1C(=S)NC(=O)c1ccc(Cl)cc1. The number of piperazine rings is 1. The van der Waals surface area contributed by atoms with E-state index < -0.39 is 17.9 Å². The summed E-state index contributed by atoms with van der Waals surface area (Å²) in [4.78, 5) is 38.1. The molecule has 10 heteroatoms. The van der Waals surface area contributed by atoms with Gasteiger partial charge >= 0.3 is 5.97 Å². The summed E-state index contributed by atoms with van der Waals surface area (Å²) < 4.78 is 10.2. The zero-order chi connectivity index (χ0) is 20.5. The van der Waals surface area contributed by atoms with Crippen LogP contribution in [-0.2, 0) is 19.1 Å². The lowest BCUT2D eigenvalue weighted by Gasteiger charge is -2.36. The number of esters is 1. The largest absolute Gasteiger partial charge is 0.463 e. The molecule has 152 valence electrons. The molecule has 2 N–H and O–H groups in total. The monoisotopic (exact) mass is 427 g/mol. The molecule has 1 aliphatic heterocycles. The third kappa shape index (κ3) is 6.43. The Kier molecular flexibility index (Phi) is 8.62. The first-order valence-corrected chi connectivity index (χ1v) is 9.59. The number of rotatable bonds is 7. The number of hydrogen-bond donors (Lipinski definition) is 2. The normalized spacial score (nSPS) is 16.3. The molecule has 0 aromatic heterocycles. The molecule has 8 nitrogen and oxygen atoms in total. The van der Waals surface area contributed by atoms with E-state index in [0.717, 1.165) is 0 Å². The molecule has 1 atom stereocenters. The van der Waals surface area contributed by atoms with E-state index in [1.165, 1.54) is 4.90 Å². The average Bonchev–Trinajstić information content (AvgIpc) is 2.67. The smallest absolute Gasteiger partial charge is 0.308 e. The number of amides is 2. The summed E-state index contributed by atoms with van der Waals surface area (Å²) in [5, 5.41) is 5.86. The fourth-order valence-corrected chi connectivity index (χ4v) is 3.02. The third-order valence-corrected chi connectivity index (χ3v) is 4.56. The molecule has 1 aromatic rings. The van der Waals surface area contributed by atoms with Crippen LogP contribution in [0.25, 0.3) is 0 Å². The minimum Gasteiger partial charge on any atom is -0.463 e. The number of hydrogen-bond acceptors (Lipinski definition) is 6. The Hall–Kier alpha value is -2.23. The number of thiocarbonyl (C=S) groups is 1. The van der Waals surface area contributed by atoms with E-state index in [2.05, 4.69) is 10.6 Å². The Morgan fingerprint density at radius 2 is 2.04 bits per heavy atom. The predicted molar refractivity (Wildman–Crippen MR) is 107 cm³/mol. The van der Waals surface area contributed by atoms with Crippen LogP contribution in [0.15, 0.2) is 24.3 Å². The second-order valence-electron chi connectivity index (χ2n) is 5.89. The molecule has 0 radical (unpaired) electrons. The number of benzene rings is 1. The minimum atomic E-state index is -0.855. The molecule has 0 spiro atoms. The number of carbonyl (C=O) groups is 3. The molecule has 0 saturated carbocycles. The van der Waals surface area contributed by atoms with Gasteiger partial charge in [-0.15, -0.1) is 0 Å². The van der Waals surface area contributed by atoms with Crippen LogP contribution >= 0.6 is 23.8 Å². The summed E-state index contributed by atoms with van der Waals surface area (Å²) in [6, 6.07) is 5.46. The first kappa shape index (κ1) is 22.1. The van der Waals surface area contributed by atoms with Gasteiger partial charge in [0.25, 0.3) is 5.91 Å². The maximum atomic E-state index is 12.3. The lowest BCUT2D eigenvalue weighted by molar-refractivity contribution is -0.148. The first-order valence-electron chi connectivity index (χ1n) is 8.81. The maximum absolute atomic E-state index is 12.3. The van der Waals surface area contributed by atoms with Gasteiger partial charge in [-0.3, -0.25) is 19.7 Å². The van der Waals surface area contributed by atoms with E-state index in [1.54, 1.807) is 24.3 Å². The maximum Gasteiger partial charge on any atom is 0.308 e. The van der Waals surface area contributed by atoms with Crippen molar-refractivity contribution >= 4 is 46.7 Å². The third-order valence-electron chi connectivity index (χ3n) is 3.97. The van der Waals surface area contributed by atoms with Gasteiger partial charge in [0.15, 0.2) is 5.11 Å². The summed E-state index contributed by atoms with van der Waals surface area (Å²) in [5.74, 6) is -1.32. The van der Waals surface area contributed by atoms with Crippen molar-refractivity contribution in [1.29, 1.82) is 0 Å². The number of halogens is 1. The van der Waals surface area contributed by atoms with E-state index in [1.807, 2.05) is 6.92 Å². The summed E-state index contributed by atoms with van der Waals surface area (Å²) >= 11 is 11.1. The fourth-order valence-electron chi connectivity index (χ4n) is 2.58. The highest BCUT2D eigenvalue weighted by molar-refractivity contribution is 7.80. The predicted octanol–water partition coefficient (Wildman–Crippen LogP) is 1.12. The van der Waals surface area contributed by atoms with Gasteiger partial charge in [0, 0.05) is 30.3 Å². The molecule has 0 bridgehead atoms. The standard InChI is InChI=1S/C18H22ClN3O5S/c1-2-26-9-10-27-15(23)11-14-17(25)20-7-8-22(14)18(28)21-16(24)12-3-5-13(19)6-4-12/h3-6,14H,2,7-11H2,1H3,(H,20,25)(H,21,24,28). The second kappa shape index (κ2) is 10.9. The molecule has 2 amide bonds. The van der Waals surface area contributed by atoms with Crippen molar-refractivity contribution in [2.45, 2.75) is 19.4 Å². The Bertz CT molecular complexity index is 728. The van der Waals surface area contributed by atoms with Gasteiger partial charge in [0.2, 0.25) is 5.91 Å². The van der Waals surface area contributed by atoms with Crippen molar-refractivity contribution in [2.75, 3.05) is 32.9 Å². The Labute approximate surface area is 173 Å². The first-order chi connectivity index (χ1) is 13.4. The zero-order valence-electron chi connectivity index (χ0n) is 15.4. The number of nitrogens with zero attached hydrogens (tertiary/aromatic N) is 1. The van der Waals surface area contributed by atoms with Gasteiger partial charge in [-0.1, -0.05) is 11.6 Å². The van der Waals surface area contributed by atoms with E-state index in [4.69, 9.17) is 33.3 Å². The Morgan fingerprint density at radius 3 is 2.71 bits per heavy atom.